The Morgan fingerprint density at radius 2 is 1.89 bits per heavy atom. The Bertz CT molecular complexity index is 282. The van der Waals surface area contributed by atoms with Crippen LogP contribution in [0.1, 0.15) is 32.8 Å². The first-order valence-corrected chi connectivity index (χ1v) is 7.20. The van der Waals surface area contributed by atoms with Crippen LogP contribution in [0.4, 0.5) is 0 Å². The average molecular weight is 301 g/mol. The van der Waals surface area contributed by atoms with Gasteiger partial charge < -0.3 is 10.6 Å². The van der Waals surface area contributed by atoms with E-state index >= 15 is 0 Å². The molecule has 0 saturated carbocycles. The molecule has 0 aliphatic heterocycles. The molecule has 1 rings (SSSR count). The van der Waals surface area contributed by atoms with Crippen molar-refractivity contribution in [3.63, 3.8) is 0 Å². The fourth-order valence-electron chi connectivity index (χ4n) is 0.892. The summed E-state index contributed by atoms with van der Waals surface area (Å²) >= 11 is 2.26. The molecule has 0 unspecified atom stereocenters. The van der Waals surface area contributed by atoms with Crippen LogP contribution in [0.2, 0.25) is 0 Å². The maximum absolute atomic E-state index is 4.08. The Kier molecular flexibility index (Phi) is 15.5. The Labute approximate surface area is 128 Å². The number of likely N-dealkylation sites (N-methyl/N-ethyl adjacent to an activating group) is 1. The molecule has 0 heterocycles. The van der Waals surface area contributed by atoms with Gasteiger partial charge in [-0.2, -0.15) is 38.8 Å². The molecule has 4 heteroatoms. The van der Waals surface area contributed by atoms with Crippen LogP contribution in [0, 0.1) is 0 Å². The predicted molar refractivity (Wildman–Crippen MR) is 81.9 cm³/mol. The van der Waals surface area contributed by atoms with Gasteiger partial charge in [0.15, 0.2) is 0 Å². The van der Waals surface area contributed by atoms with Gasteiger partial charge in [-0.25, -0.2) is 12.1 Å². The van der Waals surface area contributed by atoms with Gasteiger partial charge in [-0.15, -0.1) is 6.54 Å². The van der Waals surface area contributed by atoms with E-state index in [1.165, 1.54) is 5.56 Å². The molecule has 0 radical (unpaired) electrons. The molecule has 111 valence electrons. The van der Waals surface area contributed by atoms with Crippen molar-refractivity contribution in [1.29, 1.82) is 0 Å². The van der Waals surface area contributed by atoms with E-state index in [1.807, 2.05) is 7.05 Å². The quantitative estimate of drug-likeness (QED) is 0.720. The van der Waals surface area contributed by atoms with E-state index in [0.717, 1.165) is 19.4 Å². The Morgan fingerprint density at radius 3 is 2.16 bits per heavy atom. The zero-order valence-electron chi connectivity index (χ0n) is 13.2. The molecule has 0 fully saturated rings. The van der Waals surface area contributed by atoms with Crippen LogP contribution in [-0.4, -0.2) is 33.2 Å². The van der Waals surface area contributed by atoms with Crippen LogP contribution < -0.4 is 0 Å². The normalized spacial score (nSPS) is 9.74. The Hall–Kier alpha value is -0.346. The van der Waals surface area contributed by atoms with Crippen LogP contribution in [0.15, 0.2) is 28.1 Å². The molecule has 0 aromatic heterocycles. The van der Waals surface area contributed by atoms with E-state index in [4.69, 9.17) is 0 Å². The van der Waals surface area contributed by atoms with Crippen molar-refractivity contribution in [2.75, 3.05) is 27.7 Å². The van der Waals surface area contributed by atoms with Gasteiger partial charge in [0.05, 0.1) is 0 Å². The minimum absolute atomic E-state index is 0.181. The first kappa shape index (κ1) is 21.0. The third-order valence-corrected chi connectivity index (χ3v) is 3.34. The summed E-state index contributed by atoms with van der Waals surface area (Å²) in [6, 6.07) is 8.38. The van der Waals surface area contributed by atoms with Crippen molar-refractivity contribution in [2.24, 2.45) is 3.79 Å². The topological polar surface area (TPSA) is 40.6 Å². The standard InChI is InChI=1S/C8H11N.C5H11N.C2H6N.V/c1-9-7-6-8-4-2-3-5-8;1-4-5(2,3)6;1-3-2;/h2-5H,6-7H2,1H3;4H2,1-3H3;1-2H3;/q-2;;-1;. The SMILES string of the molecule is CCC(C)(C)[N]=[V].C[N-]C.C[N-]CCc1ccc[cH-]1. The Morgan fingerprint density at radius 1 is 1.32 bits per heavy atom. The van der Waals surface area contributed by atoms with E-state index in [0.29, 0.717) is 0 Å². The van der Waals surface area contributed by atoms with Crippen LogP contribution >= 0.6 is 0 Å². The van der Waals surface area contributed by atoms with Gasteiger partial charge in [0, 0.05) is 0 Å². The van der Waals surface area contributed by atoms with Gasteiger partial charge in [-0.3, -0.25) is 0 Å². The first-order chi connectivity index (χ1) is 8.97. The second kappa shape index (κ2) is 14.1. The molecule has 0 N–H and O–H groups in total. The Balaban J connectivity index is 0. The predicted octanol–water partition coefficient (Wildman–Crippen LogP) is 4.48. The molecule has 0 bridgehead atoms. The molecule has 0 saturated heterocycles. The second-order valence-electron chi connectivity index (χ2n) is 4.80. The molecule has 0 spiro atoms. The van der Waals surface area contributed by atoms with Crippen LogP contribution in [0.25, 0.3) is 10.6 Å². The average Bonchev–Trinajstić information content (AvgIpc) is 2.91. The van der Waals surface area contributed by atoms with Crippen molar-refractivity contribution in [3.05, 3.63) is 40.5 Å². The molecular weight excluding hydrogens is 273 g/mol. The summed E-state index contributed by atoms with van der Waals surface area (Å²) in [7, 11) is 5.35. The fraction of sp³-hybridized carbons (Fsp3) is 0.667. The monoisotopic (exact) mass is 301 g/mol. The van der Waals surface area contributed by atoms with Gasteiger partial charge in [-0.05, 0) is 0 Å². The van der Waals surface area contributed by atoms with Gasteiger partial charge in [-0.1, -0.05) is 6.42 Å². The zero-order chi connectivity index (χ0) is 15.1. The molecule has 0 amide bonds. The van der Waals surface area contributed by atoms with Gasteiger partial charge in [0.25, 0.3) is 0 Å². The number of nitrogens with zero attached hydrogens (tertiary/aromatic N) is 3. The van der Waals surface area contributed by atoms with E-state index < -0.39 is 0 Å². The summed E-state index contributed by atoms with van der Waals surface area (Å²) in [5.41, 5.74) is 1.57. The van der Waals surface area contributed by atoms with Crippen molar-refractivity contribution >= 4 is 0 Å². The molecule has 0 atom stereocenters. The number of rotatable bonds is 5. The summed E-state index contributed by atoms with van der Waals surface area (Å²) in [5.74, 6) is 0. The molecule has 3 nitrogen and oxygen atoms in total. The first-order valence-electron chi connectivity index (χ1n) is 6.57. The molecule has 1 aromatic carbocycles. The van der Waals surface area contributed by atoms with Crippen LogP contribution in [0.3, 0.4) is 0 Å². The minimum atomic E-state index is 0.181. The van der Waals surface area contributed by atoms with Crippen molar-refractivity contribution in [1.82, 2.24) is 0 Å². The van der Waals surface area contributed by atoms with Crippen molar-refractivity contribution in [2.45, 2.75) is 39.2 Å². The smallest absolute Gasteiger partial charge is 0.0704 e. The second-order valence-corrected chi connectivity index (χ2v) is 5.11. The number of hydrogen-bond donors (Lipinski definition) is 0. The summed E-state index contributed by atoms with van der Waals surface area (Å²) < 4.78 is 4.08. The van der Waals surface area contributed by atoms with E-state index in [1.54, 1.807) is 14.1 Å². The van der Waals surface area contributed by atoms with Crippen LogP contribution in [0.5, 0.6) is 0 Å². The molecule has 0 aliphatic rings. The van der Waals surface area contributed by atoms with E-state index in [2.05, 4.69) is 76.7 Å². The largest absolute Gasteiger partial charge is 0.668 e. The summed E-state index contributed by atoms with van der Waals surface area (Å²) in [6.45, 7) is 7.32. The maximum atomic E-state index is 4.08. The van der Waals surface area contributed by atoms with Gasteiger partial charge in [0.2, 0.25) is 0 Å². The van der Waals surface area contributed by atoms with Gasteiger partial charge in [0.1, 0.15) is 0 Å². The minimum Gasteiger partial charge on any atom is -0.668 e. The van der Waals surface area contributed by atoms with Gasteiger partial charge >= 0.3 is 53.8 Å². The van der Waals surface area contributed by atoms with E-state index in [9.17, 15) is 0 Å². The third-order valence-electron chi connectivity index (χ3n) is 2.49. The van der Waals surface area contributed by atoms with E-state index in [-0.39, 0.29) is 5.54 Å². The zero-order valence-corrected chi connectivity index (χ0v) is 14.6. The molecular formula is C15H28N3V-3. The van der Waals surface area contributed by atoms with Crippen LogP contribution in [-0.2, 0) is 23.7 Å². The summed E-state index contributed by atoms with van der Waals surface area (Å²) in [6.07, 6.45) is 2.20. The fourth-order valence-corrected chi connectivity index (χ4v) is 1.11. The number of hydrogen-bond acceptors (Lipinski definition) is 1. The molecule has 1 aromatic rings. The van der Waals surface area contributed by atoms with Crippen molar-refractivity contribution in [3.8, 4) is 0 Å². The summed E-state index contributed by atoms with van der Waals surface area (Å²) in [5, 5.41) is 7.51. The molecule has 19 heavy (non-hydrogen) atoms. The summed E-state index contributed by atoms with van der Waals surface area (Å²) in [4.78, 5) is 0. The maximum Gasteiger partial charge on any atom is -0.0704 e. The molecule has 0 aliphatic carbocycles. The van der Waals surface area contributed by atoms with Crippen molar-refractivity contribution < 1.29 is 17.2 Å². The third kappa shape index (κ3) is 15.6.